The van der Waals surface area contributed by atoms with E-state index in [0.717, 1.165) is 20.1 Å². The summed E-state index contributed by atoms with van der Waals surface area (Å²) >= 11 is 5.03. The first-order valence-electron chi connectivity index (χ1n) is 4.60. The third-order valence-electron chi connectivity index (χ3n) is 2.15. The average molecular weight is 295 g/mol. The summed E-state index contributed by atoms with van der Waals surface area (Å²) in [7, 11) is 0. The van der Waals surface area contributed by atoms with Gasteiger partial charge in [-0.3, -0.25) is 0 Å². The van der Waals surface area contributed by atoms with Crippen LogP contribution in [0.2, 0.25) is 0 Å². The Morgan fingerprint density at radius 2 is 2.12 bits per heavy atom. The molecular formula is C10H7BrN4S. The SMILES string of the molecule is Nc1ccc2nc(-c3ccc(Br)s3)nn2c1. The van der Waals surface area contributed by atoms with E-state index in [1.807, 2.05) is 24.3 Å². The summed E-state index contributed by atoms with van der Waals surface area (Å²) in [5, 5.41) is 4.37. The highest BCUT2D eigenvalue weighted by molar-refractivity contribution is 9.11. The number of pyridine rings is 1. The van der Waals surface area contributed by atoms with E-state index in [2.05, 4.69) is 26.0 Å². The lowest BCUT2D eigenvalue weighted by molar-refractivity contribution is 0.969. The molecule has 16 heavy (non-hydrogen) atoms. The molecule has 80 valence electrons. The minimum atomic E-state index is 0.677. The molecule has 3 aromatic rings. The van der Waals surface area contributed by atoms with E-state index >= 15 is 0 Å². The highest BCUT2D eigenvalue weighted by Gasteiger charge is 2.08. The number of hydrogen-bond donors (Lipinski definition) is 1. The van der Waals surface area contributed by atoms with E-state index in [1.54, 1.807) is 22.0 Å². The van der Waals surface area contributed by atoms with E-state index in [0.29, 0.717) is 5.69 Å². The Balaban J connectivity index is 2.18. The monoisotopic (exact) mass is 294 g/mol. The smallest absolute Gasteiger partial charge is 0.192 e. The topological polar surface area (TPSA) is 56.2 Å². The third-order valence-corrected chi connectivity index (χ3v) is 3.77. The van der Waals surface area contributed by atoms with Crippen LogP contribution in [0.25, 0.3) is 16.3 Å². The van der Waals surface area contributed by atoms with Crippen LogP contribution < -0.4 is 5.73 Å². The summed E-state index contributed by atoms with van der Waals surface area (Å²) in [5.74, 6) is 0.723. The van der Waals surface area contributed by atoms with Crippen LogP contribution >= 0.6 is 27.3 Å². The summed E-state index contributed by atoms with van der Waals surface area (Å²) < 4.78 is 2.76. The van der Waals surface area contributed by atoms with Gasteiger partial charge in [-0.05, 0) is 40.2 Å². The Morgan fingerprint density at radius 1 is 1.25 bits per heavy atom. The Bertz CT molecular complexity index is 658. The van der Waals surface area contributed by atoms with Gasteiger partial charge in [0.1, 0.15) is 0 Å². The van der Waals surface area contributed by atoms with Crippen LogP contribution in [0, 0.1) is 0 Å². The second-order valence-corrected chi connectivity index (χ2v) is 5.77. The molecule has 4 nitrogen and oxygen atoms in total. The van der Waals surface area contributed by atoms with Gasteiger partial charge in [0.15, 0.2) is 11.5 Å². The molecule has 6 heteroatoms. The van der Waals surface area contributed by atoms with Gasteiger partial charge in [0.05, 0.1) is 20.5 Å². The maximum atomic E-state index is 5.68. The number of aromatic nitrogens is 3. The largest absolute Gasteiger partial charge is 0.397 e. The normalized spacial score (nSPS) is 11.1. The molecule has 3 aromatic heterocycles. The number of thiophene rings is 1. The van der Waals surface area contributed by atoms with Crippen molar-refractivity contribution < 1.29 is 0 Å². The van der Waals surface area contributed by atoms with Crippen molar-refractivity contribution in [1.29, 1.82) is 0 Å². The van der Waals surface area contributed by atoms with Gasteiger partial charge in [0.25, 0.3) is 0 Å². The second kappa shape index (κ2) is 3.57. The minimum Gasteiger partial charge on any atom is -0.397 e. The Kier molecular flexibility index (Phi) is 2.19. The summed E-state index contributed by atoms with van der Waals surface area (Å²) in [6.45, 7) is 0. The van der Waals surface area contributed by atoms with E-state index in [-0.39, 0.29) is 0 Å². The van der Waals surface area contributed by atoms with Gasteiger partial charge in [-0.2, -0.15) is 0 Å². The molecule has 0 bridgehead atoms. The minimum absolute atomic E-state index is 0.677. The number of nitrogens with zero attached hydrogens (tertiary/aromatic N) is 3. The van der Waals surface area contributed by atoms with Crippen molar-refractivity contribution in [2.24, 2.45) is 0 Å². The molecule has 0 unspecified atom stereocenters. The number of hydrogen-bond acceptors (Lipinski definition) is 4. The molecule has 0 saturated carbocycles. The predicted molar refractivity (Wildman–Crippen MR) is 68.4 cm³/mol. The van der Waals surface area contributed by atoms with E-state index in [1.165, 1.54) is 0 Å². The molecule has 0 aromatic carbocycles. The number of nitrogen functional groups attached to an aromatic ring is 1. The average Bonchev–Trinajstić information content (AvgIpc) is 2.83. The molecule has 3 rings (SSSR count). The predicted octanol–water partition coefficient (Wildman–Crippen LogP) is 2.80. The zero-order chi connectivity index (χ0) is 11.1. The summed E-state index contributed by atoms with van der Waals surface area (Å²) in [6.07, 6.45) is 1.76. The van der Waals surface area contributed by atoms with Crippen LogP contribution in [-0.4, -0.2) is 14.6 Å². The Hall–Kier alpha value is -1.40. The highest BCUT2D eigenvalue weighted by atomic mass is 79.9. The number of nitrogens with two attached hydrogens (primary N) is 1. The lowest BCUT2D eigenvalue weighted by Gasteiger charge is -1.91. The van der Waals surface area contributed by atoms with Gasteiger partial charge >= 0.3 is 0 Å². The fourth-order valence-corrected chi connectivity index (χ4v) is 2.75. The molecule has 0 radical (unpaired) electrons. The van der Waals surface area contributed by atoms with Crippen LogP contribution in [-0.2, 0) is 0 Å². The molecule has 3 heterocycles. The molecule has 0 aliphatic carbocycles. The standard InChI is InChI=1S/C10H7BrN4S/c11-8-3-2-7(16-8)10-13-9-4-1-6(12)5-15(9)14-10/h1-5H,12H2. The molecule has 0 fully saturated rings. The van der Waals surface area contributed by atoms with Crippen LogP contribution in [0.5, 0.6) is 0 Å². The number of anilines is 1. The second-order valence-electron chi connectivity index (χ2n) is 3.30. The molecular weight excluding hydrogens is 288 g/mol. The molecule has 0 aliphatic rings. The molecule has 2 N–H and O–H groups in total. The van der Waals surface area contributed by atoms with Gasteiger partial charge < -0.3 is 5.73 Å². The first-order chi connectivity index (χ1) is 7.72. The Labute approximate surface area is 104 Å². The van der Waals surface area contributed by atoms with E-state index in [9.17, 15) is 0 Å². The van der Waals surface area contributed by atoms with Crippen molar-refractivity contribution in [3.05, 3.63) is 34.2 Å². The first kappa shape index (κ1) is 9.80. The zero-order valence-electron chi connectivity index (χ0n) is 8.09. The first-order valence-corrected chi connectivity index (χ1v) is 6.21. The van der Waals surface area contributed by atoms with E-state index in [4.69, 9.17) is 5.73 Å². The summed E-state index contributed by atoms with van der Waals surface area (Å²) in [6, 6.07) is 7.65. The van der Waals surface area contributed by atoms with Gasteiger partial charge in [-0.15, -0.1) is 16.4 Å². The van der Waals surface area contributed by atoms with Crippen LogP contribution in [0.15, 0.2) is 34.2 Å². The van der Waals surface area contributed by atoms with Gasteiger partial charge in [-0.1, -0.05) is 0 Å². The van der Waals surface area contributed by atoms with Crippen molar-refractivity contribution in [1.82, 2.24) is 14.6 Å². The molecule has 0 amide bonds. The fraction of sp³-hybridized carbons (Fsp3) is 0. The maximum Gasteiger partial charge on any atom is 0.192 e. The zero-order valence-corrected chi connectivity index (χ0v) is 10.5. The fourth-order valence-electron chi connectivity index (χ4n) is 1.44. The summed E-state index contributed by atoms with van der Waals surface area (Å²) in [4.78, 5) is 5.46. The van der Waals surface area contributed by atoms with Crippen LogP contribution in [0.4, 0.5) is 5.69 Å². The quantitative estimate of drug-likeness (QED) is 0.751. The number of halogens is 1. The molecule has 0 atom stereocenters. The summed E-state index contributed by atoms with van der Waals surface area (Å²) in [5.41, 5.74) is 7.16. The van der Waals surface area contributed by atoms with Gasteiger partial charge in [0, 0.05) is 0 Å². The number of rotatable bonds is 1. The van der Waals surface area contributed by atoms with E-state index < -0.39 is 0 Å². The maximum absolute atomic E-state index is 5.68. The van der Waals surface area contributed by atoms with Crippen molar-refractivity contribution >= 4 is 38.6 Å². The van der Waals surface area contributed by atoms with Crippen LogP contribution in [0.1, 0.15) is 0 Å². The lowest BCUT2D eigenvalue weighted by Crippen LogP contribution is -1.91. The van der Waals surface area contributed by atoms with Gasteiger partial charge in [0.2, 0.25) is 0 Å². The molecule has 0 spiro atoms. The van der Waals surface area contributed by atoms with Crippen molar-refractivity contribution in [2.75, 3.05) is 5.73 Å². The lowest BCUT2D eigenvalue weighted by atomic mass is 10.4. The van der Waals surface area contributed by atoms with Crippen molar-refractivity contribution in [2.45, 2.75) is 0 Å². The number of fused-ring (bicyclic) bond motifs is 1. The Morgan fingerprint density at radius 3 is 2.88 bits per heavy atom. The molecule has 0 saturated heterocycles. The van der Waals surface area contributed by atoms with Crippen LogP contribution in [0.3, 0.4) is 0 Å². The third kappa shape index (κ3) is 1.60. The highest BCUT2D eigenvalue weighted by Crippen LogP contribution is 2.29. The van der Waals surface area contributed by atoms with Crippen molar-refractivity contribution in [3.63, 3.8) is 0 Å². The van der Waals surface area contributed by atoms with Gasteiger partial charge in [-0.25, -0.2) is 9.50 Å². The molecule has 0 aliphatic heterocycles. The van der Waals surface area contributed by atoms with Crippen molar-refractivity contribution in [3.8, 4) is 10.7 Å².